The Morgan fingerprint density at radius 1 is 1.38 bits per heavy atom. The fourth-order valence-electron chi connectivity index (χ4n) is 1.04. The number of benzene rings is 1. The van der Waals surface area contributed by atoms with Crippen molar-refractivity contribution in [3.05, 3.63) is 29.8 Å². The molecule has 0 saturated heterocycles. The van der Waals surface area contributed by atoms with E-state index in [0.717, 1.165) is 0 Å². The van der Waals surface area contributed by atoms with Crippen LogP contribution >= 0.6 is 0 Å². The Balaban J connectivity index is 2.54. The Morgan fingerprint density at radius 2 is 2.06 bits per heavy atom. The minimum absolute atomic E-state index is 0.0533. The number of carbonyl (C=O) groups excluding carboxylic acids is 1. The Bertz CT molecular complexity index is 482. The lowest BCUT2D eigenvalue weighted by Gasteiger charge is -2.03. The molecule has 6 nitrogen and oxygen atoms in total. The van der Waals surface area contributed by atoms with Crippen LogP contribution in [0.4, 0.5) is 0 Å². The molecule has 0 unspecified atom stereocenters. The zero-order chi connectivity index (χ0) is 12.2. The third-order valence-electron chi connectivity index (χ3n) is 1.75. The molecular formula is C9H11NO5S. The number of aromatic hydroxyl groups is 1. The normalized spacial score (nSPS) is 11.1. The van der Waals surface area contributed by atoms with Crippen LogP contribution in [-0.2, 0) is 10.1 Å². The van der Waals surface area contributed by atoms with E-state index in [9.17, 15) is 13.2 Å². The van der Waals surface area contributed by atoms with Gasteiger partial charge in [0.15, 0.2) is 0 Å². The Kier molecular flexibility index (Phi) is 3.86. The second kappa shape index (κ2) is 4.95. The Labute approximate surface area is 92.7 Å². The average molecular weight is 245 g/mol. The first-order valence-electron chi connectivity index (χ1n) is 4.41. The van der Waals surface area contributed by atoms with E-state index in [-0.39, 0.29) is 17.9 Å². The molecule has 3 N–H and O–H groups in total. The summed E-state index contributed by atoms with van der Waals surface area (Å²) in [4.78, 5) is 11.4. The van der Waals surface area contributed by atoms with Gasteiger partial charge in [0.25, 0.3) is 16.0 Å². The van der Waals surface area contributed by atoms with Crippen molar-refractivity contribution in [2.45, 2.75) is 0 Å². The summed E-state index contributed by atoms with van der Waals surface area (Å²) >= 11 is 0. The van der Waals surface area contributed by atoms with Gasteiger partial charge < -0.3 is 10.4 Å². The standard InChI is InChI=1S/C9H11NO5S/c11-8-3-1-2-7(6-8)9(12)10-4-5-16(13,14)15/h1-3,6,11H,4-5H2,(H,10,12)(H,13,14,15). The highest BCUT2D eigenvalue weighted by atomic mass is 32.2. The molecule has 1 aromatic rings. The van der Waals surface area contributed by atoms with Gasteiger partial charge in [-0.2, -0.15) is 8.42 Å². The van der Waals surface area contributed by atoms with Gasteiger partial charge >= 0.3 is 0 Å². The van der Waals surface area contributed by atoms with Gasteiger partial charge in [0.05, 0.1) is 5.75 Å². The average Bonchev–Trinajstić information content (AvgIpc) is 2.15. The summed E-state index contributed by atoms with van der Waals surface area (Å²) < 4.78 is 29.2. The Hall–Kier alpha value is -1.60. The SMILES string of the molecule is O=C(NCCS(=O)(=O)O)c1cccc(O)c1. The van der Waals surface area contributed by atoms with Gasteiger partial charge in [0.1, 0.15) is 5.75 Å². The lowest BCUT2D eigenvalue weighted by Crippen LogP contribution is -2.28. The number of phenols is 1. The summed E-state index contributed by atoms with van der Waals surface area (Å²) in [6, 6.07) is 5.63. The summed E-state index contributed by atoms with van der Waals surface area (Å²) in [5, 5.41) is 11.4. The van der Waals surface area contributed by atoms with Crippen molar-refractivity contribution in [3.63, 3.8) is 0 Å². The van der Waals surface area contributed by atoms with Crippen LogP contribution in [0, 0.1) is 0 Å². The highest BCUT2D eigenvalue weighted by molar-refractivity contribution is 7.85. The lowest BCUT2D eigenvalue weighted by molar-refractivity contribution is 0.0955. The number of nitrogens with one attached hydrogen (secondary N) is 1. The summed E-state index contributed by atoms with van der Waals surface area (Å²) in [6.45, 7) is -0.187. The highest BCUT2D eigenvalue weighted by Gasteiger charge is 2.08. The zero-order valence-electron chi connectivity index (χ0n) is 8.25. The molecule has 88 valence electrons. The number of hydrogen-bond donors (Lipinski definition) is 3. The maximum absolute atomic E-state index is 11.4. The second-order valence-electron chi connectivity index (χ2n) is 3.09. The molecule has 0 aliphatic carbocycles. The topological polar surface area (TPSA) is 104 Å². The molecule has 0 aliphatic heterocycles. The molecule has 16 heavy (non-hydrogen) atoms. The largest absolute Gasteiger partial charge is 0.508 e. The Morgan fingerprint density at radius 3 is 2.62 bits per heavy atom. The van der Waals surface area contributed by atoms with Gasteiger partial charge in [-0.3, -0.25) is 9.35 Å². The zero-order valence-corrected chi connectivity index (χ0v) is 9.07. The van der Waals surface area contributed by atoms with Crippen LogP contribution in [0.2, 0.25) is 0 Å². The molecule has 1 amide bonds. The summed E-state index contributed by atoms with van der Waals surface area (Å²) in [6.07, 6.45) is 0. The monoisotopic (exact) mass is 245 g/mol. The van der Waals surface area contributed by atoms with Crippen LogP contribution in [0.1, 0.15) is 10.4 Å². The first-order chi connectivity index (χ1) is 7.38. The van der Waals surface area contributed by atoms with E-state index in [4.69, 9.17) is 9.66 Å². The number of rotatable bonds is 4. The molecule has 1 aromatic carbocycles. The van der Waals surface area contributed by atoms with Crippen LogP contribution in [0.25, 0.3) is 0 Å². The van der Waals surface area contributed by atoms with Crippen molar-refractivity contribution in [1.82, 2.24) is 5.32 Å². The van der Waals surface area contributed by atoms with Crippen molar-refractivity contribution in [2.24, 2.45) is 0 Å². The summed E-state index contributed by atoms with van der Waals surface area (Å²) in [5.41, 5.74) is 0.218. The molecule has 0 aromatic heterocycles. The van der Waals surface area contributed by atoms with E-state index >= 15 is 0 Å². The first kappa shape index (κ1) is 12.5. The van der Waals surface area contributed by atoms with Crippen molar-refractivity contribution in [2.75, 3.05) is 12.3 Å². The van der Waals surface area contributed by atoms with Crippen molar-refractivity contribution >= 4 is 16.0 Å². The third-order valence-corrected chi connectivity index (χ3v) is 2.47. The number of carbonyl (C=O) groups is 1. The minimum atomic E-state index is -4.07. The van der Waals surface area contributed by atoms with Crippen LogP contribution in [0.5, 0.6) is 5.75 Å². The first-order valence-corrected chi connectivity index (χ1v) is 6.02. The van der Waals surface area contributed by atoms with E-state index < -0.39 is 21.8 Å². The molecule has 0 heterocycles. The molecular weight excluding hydrogens is 234 g/mol. The lowest BCUT2D eigenvalue weighted by atomic mass is 10.2. The van der Waals surface area contributed by atoms with Gasteiger partial charge in [-0.15, -0.1) is 0 Å². The van der Waals surface area contributed by atoms with Crippen LogP contribution in [0.3, 0.4) is 0 Å². The molecule has 0 spiro atoms. The van der Waals surface area contributed by atoms with E-state index in [1.54, 1.807) is 0 Å². The van der Waals surface area contributed by atoms with Crippen molar-refractivity contribution in [3.8, 4) is 5.75 Å². The predicted molar refractivity (Wildman–Crippen MR) is 56.9 cm³/mol. The smallest absolute Gasteiger partial charge is 0.266 e. The maximum Gasteiger partial charge on any atom is 0.266 e. The van der Waals surface area contributed by atoms with E-state index in [1.165, 1.54) is 24.3 Å². The molecule has 0 atom stereocenters. The highest BCUT2D eigenvalue weighted by Crippen LogP contribution is 2.10. The molecule has 0 aliphatic rings. The number of hydrogen-bond acceptors (Lipinski definition) is 4. The fourth-order valence-corrected chi connectivity index (χ4v) is 1.40. The number of phenolic OH excluding ortho intramolecular Hbond substituents is 1. The second-order valence-corrected chi connectivity index (χ2v) is 4.66. The van der Waals surface area contributed by atoms with Crippen molar-refractivity contribution < 1.29 is 22.9 Å². The van der Waals surface area contributed by atoms with Gasteiger partial charge in [-0.05, 0) is 18.2 Å². The van der Waals surface area contributed by atoms with Crippen LogP contribution in [-0.4, -0.2) is 36.3 Å². The van der Waals surface area contributed by atoms with Gasteiger partial charge in [-0.25, -0.2) is 0 Å². The third kappa shape index (κ3) is 4.28. The van der Waals surface area contributed by atoms with Gasteiger partial charge in [-0.1, -0.05) is 6.07 Å². The molecule has 0 radical (unpaired) electrons. The van der Waals surface area contributed by atoms with E-state index in [0.29, 0.717) is 0 Å². The van der Waals surface area contributed by atoms with Crippen LogP contribution in [0.15, 0.2) is 24.3 Å². The maximum atomic E-state index is 11.4. The predicted octanol–water partition coefficient (Wildman–Crippen LogP) is 0.00980. The molecule has 1 rings (SSSR count). The van der Waals surface area contributed by atoms with E-state index in [1.807, 2.05) is 0 Å². The van der Waals surface area contributed by atoms with Gasteiger partial charge in [0.2, 0.25) is 0 Å². The summed E-state index contributed by atoms with van der Waals surface area (Å²) in [7, 11) is -4.07. The molecule has 0 saturated carbocycles. The quantitative estimate of drug-likeness (QED) is 0.648. The molecule has 0 fully saturated rings. The minimum Gasteiger partial charge on any atom is -0.508 e. The van der Waals surface area contributed by atoms with Crippen molar-refractivity contribution in [1.29, 1.82) is 0 Å². The summed E-state index contributed by atoms with van der Waals surface area (Å²) in [5.74, 6) is -1.11. The molecule has 7 heteroatoms. The number of amides is 1. The molecule has 0 bridgehead atoms. The van der Waals surface area contributed by atoms with E-state index in [2.05, 4.69) is 5.32 Å². The fraction of sp³-hybridized carbons (Fsp3) is 0.222. The van der Waals surface area contributed by atoms with Gasteiger partial charge in [0, 0.05) is 12.1 Å². The van der Waals surface area contributed by atoms with Crippen LogP contribution < -0.4 is 5.32 Å².